The van der Waals surface area contributed by atoms with Crippen LogP contribution in [0.3, 0.4) is 0 Å². The molecule has 4 aromatic rings. The Balaban J connectivity index is 1.47. The van der Waals surface area contributed by atoms with Crippen LogP contribution in [0.5, 0.6) is 0 Å². The highest BCUT2D eigenvalue weighted by Crippen LogP contribution is 2.34. The summed E-state index contributed by atoms with van der Waals surface area (Å²) in [6.07, 6.45) is 3.21. The van der Waals surface area contributed by atoms with Crippen molar-refractivity contribution in [3.63, 3.8) is 0 Å². The highest BCUT2D eigenvalue weighted by Gasteiger charge is 2.24. The van der Waals surface area contributed by atoms with E-state index in [1.165, 1.54) is 41.3 Å². The summed E-state index contributed by atoms with van der Waals surface area (Å²) in [7, 11) is 0. The first kappa shape index (κ1) is 24.0. The van der Waals surface area contributed by atoms with Gasteiger partial charge < -0.3 is 10.2 Å². The zero-order valence-electron chi connectivity index (χ0n) is 18.5. The molecular formula is C26H17Cl2F3N4O. The van der Waals surface area contributed by atoms with Crippen molar-refractivity contribution in [2.75, 3.05) is 5.32 Å². The number of nitrogens with one attached hydrogen (secondary N) is 1. The number of carbonyl (C=O) groups is 1. The molecular weight excluding hydrogens is 512 g/mol. The first-order chi connectivity index (χ1) is 17.3. The average Bonchev–Trinajstić information content (AvgIpc) is 3.21. The van der Waals surface area contributed by atoms with Crippen molar-refractivity contribution in [2.45, 2.75) is 13.0 Å². The molecule has 2 heterocycles. The van der Waals surface area contributed by atoms with Gasteiger partial charge in [-0.15, -0.1) is 0 Å². The van der Waals surface area contributed by atoms with Crippen LogP contribution in [0.1, 0.15) is 11.4 Å². The Labute approximate surface area is 214 Å². The second-order valence-corrected chi connectivity index (χ2v) is 8.92. The monoisotopic (exact) mass is 528 g/mol. The number of fused-ring (bicyclic) bond motifs is 1. The van der Waals surface area contributed by atoms with Crippen molar-refractivity contribution in [1.29, 1.82) is 0 Å². The molecule has 1 N–H and O–H groups in total. The highest BCUT2D eigenvalue weighted by molar-refractivity contribution is 6.31. The number of hydrogen-bond donors (Lipinski definition) is 1. The molecule has 1 aliphatic rings. The summed E-state index contributed by atoms with van der Waals surface area (Å²) in [6.45, 7) is 0.135. The number of amides is 1. The molecule has 1 aromatic heterocycles. The first-order valence-corrected chi connectivity index (χ1v) is 11.5. The SMILES string of the molecule is O=C(Cc1ccc(Cl)c(F)c1)N1C=Cn2c(nc(-c3ccc(F)cc3)c2Nc2ccc(Cl)c(F)c2)C1. The molecule has 1 aliphatic heterocycles. The molecule has 0 aliphatic carbocycles. The molecule has 1 amide bonds. The van der Waals surface area contributed by atoms with E-state index in [1.54, 1.807) is 41.2 Å². The number of anilines is 2. The fourth-order valence-electron chi connectivity index (χ4n) is 3.84. The summed E-state index contributed by atoms with van der Waals surface area (Å²) in [4.78, 5) is 19.1. The van der Waals surface area contributed by atoms with E-state index in [0.717, 1.165) is 0 Å². The van der Waals surface area contributed by atoms with Gasteiger partial charge in [0.25, 0.3) is 0 Å². The standard InChI is InChI=1S/C26H17Cl2F3N4O/c27-19-7-1-15(11-21(19)30)12-24(36)34-9-10-35-23(14-34)33-25(16-2-4-17(29)5-3-16)26(35)32-18-6-8-20(28)22(31)13-18/h1-11,13,32H,12,14H2. The number of rotatable bonds is 5. The summed E-state index contributed by atoms with van der Waals surface area (Å²) in [6, 6.07) is 14.3. The van der Waals surface area contributed by atoms with Crippen molar-refractivity contribution in [1.82, 2.24) is 14.5 Å². The maximum atomic E-state index is 14.1. The Morgan fingerprint density at radius 1 is 0.917 bits per heavy atom. The van der Waals surface area contributed by atoms with E-state index in [-0.39, 0.29) is 28.9 Å². The van der Waals surface area contributed by atoms with Gasteiger partial charge in [-0.2, -0.15) is 0 Å². The van der Waals surface area contributed by atoms with Gasteiger partial charge in [0.2, 0.25) is 5.91 Å². The first-order valence-electron chi connectivity index (χ1n) is 10.8. The highest BCUT2D eigenvalue weighted by atomic mass is 35.5. The minimum Gasteiger partial charge on any atom is -0.339 e. The van der Waals surface area contributed by atoms with Crippen LogP contribution in [0.15, 0.2) is 66.9 Å². The number of aromatic nitrogens is 2. The normalized spacial score (nSPS) is 12.5. The van der Waals surface area contributed by atoms with E-state index in [9.17, 15) is 18.0 Å². The van der Waals surface area contributed by atoms with Crippen LogP contribution in [-0.4, -0.2) is 20.4 Å². The van der Waals surface area contributed by atoms with Crippen molar-refractivity contribution < 1.29 is 18.0 Å². The maximum Gasteiger partial charge on any atom is 0.231 e. The van der Waals surface area contributed by atoms with Gasteiger partial charge in [0.05, 0.1) is 23.0 Å². The summed E-state index contributed by atoms with van der Waals surface area (Å²) in [5.41, 5.74) is 2.03. The lowest BCUT2D eigenvalue weighted by molar-refractivity contribution is -0.128. The van der Waals surface area contributed by atoms with Gasteiger partial charge in [0.15, 0.2) is 0 Å². The third-order valence-corrected chi connectivity index (χ3v) is 6.26. The molecule has 10 heteroatoms. The predicted octanol–water partition coefficient (Wildman–Crippen LogP) is 7.03. The Morgan fingerprint density at radius 2 is 1.61 bits per heavy atom. The molecule has 0 saturated heterocycles. The molecule has 0 spiro atoms. The van der Waals surface area contributed by atoms with Gasteiger partial charge in [-0.3, -0.25) is 9.36 Å². The number of nitrogens with zero attached hydrogens (tertiary/aromatic N) is 3. The zero-order valence-corrected chi connectivity index (χ0v) is 20.0. The number of imidazole rings is 1. The third-order valence-electron chi connectivity index (χ3n) is 5.65. The molecule has 0 unspecified atom stereocenters. The van der Waals surface area contributed by atoms with Crippen LogP contribution in [0.25, 0.3) is 17.5 Å². The number of hydrogen-bond acceptors (Lipinski definition) is 3. The van der Waals surface area contributed by atoms with E-state index < -0.39 is 17.5 Å². The molecule has 0 radical (unpaired) electrons. The van der Waals surface area contributed by atoms with Crippen molar-refractivity contribution >= 4 is 46.8 Å². The lowest BCUT2D eigenvalue weighted by Crippen LogP contribution is -2.30. The fourth-order valence-corrected chi connectivity index (χ4v) is 4.07. The summed E-state index contributed by atoms with van der Waals surface area (Å²) < 4.78 is 43.1. The van der Waals surface area contributed by atoms with Gasteiger partial charge in [-0.1, -0.05) is 29.3 Å². The van der Waals surface area contributed by atoms with Crippen LogP contribution in [0.4, 0.5) is 24.7 Å². The third kappa shape index (κ3) is 4.82. The van der Waals surface area contributed by atoms with Crippen LogP contribution < -0.4 is 5.32 Å². The number of benzene rings is 3. The second kappa shape index (κ2) is 9.72. The van der Waals surface area contributed by atoms with Gasteiger partial charge in [-0.25, -0.2) is 18.2 Å². The smallest absolute Gasteiger partial charge is 0.231 e. The van der Waals surface area contributed by atoms with Gasteiger partial charge in [-0.05, 0) is 60.2 Å². The Bertz CT molecular complexity index is 1500. The van der Waals surface area contributed by atoms with Gasteiger partial charge >= 0.3 is 0 Å². The molecule has 3 aromatic carbocycles. The van der Waals surface area contributed by atoms with E-state index in [1.807, 2.05) is 0 Å². The Kier molecular flexibility index (Phi) is 6.47. The van der Waals surface area contributed by atoms with Crippen LogP contribution >= 0.6 is 23.2 Å². The minimum absolute atomic E-state index is 0.00996. The second-order valence-electron chi connectivity index (χ2n) is 8.10. The Morgan fingerprint density at radius 3 is 2.31 bits per heavy atom. The van der Waals surface area contributed by atoms with Crippen molar-refractivity contribution in [3.8, 4) is 11.3 Å². The summed E-state index contributed by atoms with van der Waals surface area (Å²) >= 11 is 11.5. The molecule has 5 nitrogen and oxygen atoms in total. The predicted molar refractivity (Wildman–Crippen MR) is 133 cm³/mol. The van der Waals surface area contributed by atoms with Crippen LogP contribution in [-0.2, 0) is 17.8 Å². The molecule has 182 valence electrons. The molecule has 0 fully saturated rings. The average molecular weight is 529 g/mol. The zero-order chi connectivity index (χ0) is 25.4. The van der Waals surface area contributed by atoms with E-state index in [2.05, 4.69) is 10.3 Å². The molecule has 0 saturated carbocycles. The molecule has 5 rings (SSSR count). The largest absolute Gasteiger partial charge is 0.339 e. The van der Waals surface area contributed by atoms with Crippen molar-refractivity contribution in [2.24, 2.45) is 0 Å². The minimum atomic E-state index is -0.593. The van der Waals surface area contributed by atoms with E-state index >= 15 is 0 Å². The topological polar surface area (TPSA) is 50.2 Å². The van der Waals surface area contributed by atoms with Crippen LogP contribution in [0.2, 0.25) is 10.0 Å². The number of halogens is 5. The lowest BCUT2D eigenvalue weighted by Gasteiger charge is -2.23. The summed E-state index contributed by atoms with van der Waals surface area (Å²) in [5, 5.41) is 3.13. The Hall–Kier alpha value is -3.75. The van der Waals surface area contributed by atoms with E-state index in [0.29, 0.717) is 34.2 Å². The lowest BCUT2D eigenvalue weighted by atomic mass is 10.1. The molecule has 0 bridgehead atoms. The van der Waals surface area contributed by atoms with Gasteiger partial charge in [0.1, 0.15) is 34.8 Å². The molecule has 36 heavy (non-hydrogen) atoms. The van der Waals surface area contributed by atoms with E-state index in [4.69, 9.17) is 23.2 Å². The quantitative estimate of drug-likeness (QED) is 0.302. The van der Waals surface area contributed by atoms with Gasteiger partial charge in [0, 0.05) is 23.7 Å². The number of carbonyl (C=O) groups excluding carboxylic acids is 1. The van der Waals surface area contributed by atoms with Crippen molar-refractivity contribution in [3.05, 3.63) is 106 Å². The van der Waals surface area contributed by atoms with Crippen LogP contribution in [0, 0.1) is 17.5 Å². The maximum absolute atomic E-state index is 14.1. The fraction of sp³-hybridized carbons (Fsp3) is 0.0769. The molecule has 0 atom stereocenters. The summed E-state index contributed by atoms with van der Waals surface area (Å²) in [5.74, 6) is -0.822.